The first kappa shape index (κ1) is 33.2. The summed E-state index contributed by atoms with van der Waals surface area (Å²) in [4.78, 5) is 56.0. The maximum Gasteiger partial charge on any atom is 0.403 e. The first-order valence-electron chi connectivity index (χ1n) is 15.8. The summed E-state index contributed by atoms with van der Waals surface area (Å²) in [5, 5.41) is 9.58. The third-order valence-electron chi connectivity index (χ3n) is 9.60. The molecule has 3 heterocycles. The molecule has 1 spiro atoms. The fourth-order valence-electron chi connectivity index (χ4n) is 6.72. The standard InChI is InChI=1S/C34H37F3N6O5/c1-38-29(45)27(19-48-18-24-10-6-3-7-11-24)40-28(44)26-17-41(30(46)25-14-39-43(16-25)15-23-8-4-2-5-9-23)20-32(26)21-42(22-32)31(47)33(12-13-33)34(35,36)37/h2-11,14,16,26-27H,12-13,15,17-22H2,1H3,(H,38,45)(H,40,44)/t26-,27+/m1/s1. The van der Waals surface area contributed by atoms with Crippen molar-refractivity contribution in [3.05, 3.63) is 89.7 Å². The average Bonchev–Trinajstić information content (AvgIpc) is 3.61. The highest BCUT2D eigenvalue weighted by Crippen LogP contribution is 2.60. The normalized spacial score (nSPS) is 19.8. The third kappa shape index (κ3) is 6.53. The van der Waals surface area contributed by atoms with Crippen LogP contribution in [0.5, 0.6) is 0 Å². The summed E-state index contributed by atoms with van der Waals surface area (Å²) >= 11 is 0. The van der Waals surface area contributed by atoms with E-state index in [-0.39, 0.29) is 52.2 Å². The van der Waals surface area contributed by atoms with Crippen LogP contribution in [0.25, 0.3) is 0 Å². The zero-order valence-electron chi connectivity index (χ0n) is 26.4. The van der Waals surface area contributed by atoms with Crippen LogP contribution in [-0.4, -0.2) is 95.3 Å². The zero-order valence-corrected chi connectivity index (χ0v) is 26.4. The number of nitrogens with one attached hydrogen (secondary N) is 2. The summed E-state index contributed by atoms with van der Waals surface area (Å²) in [5.74, 6) is -3.33. The highest BCUT2D eigenvalue weighted by Gasteiger charge is 2.71. The second-order valence-corrected chi connectivity index (χ2v) is 12.9. The molecule has 1 saturated carbocycles. The quantitative estimate of drug-likeness (QED) is 0.324. The van der Waals surface area contributed by atoms with Gasteiger partial charge in [-0.1, -0.05) is 60.7 Å². The average molecular weight is 667 g/mol. The number of benzene rings is 2. The van der Waals surface area contributed by atoms with E-state index in [0.29, 0.717) is 12.1 Å². The van der Waals surface area contributed by atoms with Gasteiger partial charge in [-0.2, -0.15) is 18.3 Å². The molecule has 1 aliphatic carbocycles. The molecule has 0 bridgehead atoms. The number of likely N-dealkylation sites (N-methyl/N-ethyl adjacent to an activating group) is 1. The van der Waals surface area contributed by atoms with Crippen LogP contribution in [0.2, 0.25) is 0 Å². The Balaban J connectivity index is 1.18. The van der Waals surface area contributed by atoms with Gasteiger partial charge in [0.05, 0.1) is 37.4 Å². The number of nitrogens with zero attached hydrogens (tertiary/aromatic N) is 4. The van der Waals surface area contributed by atoms with Crippen molar-refractivity contribution in [1.29, 1.82) is 0 Å². The minimum Gasteiger partial charge on any atom is -0.374 e. The van der Waals surface area contributed by atoms with Crippen LogP contribution in [0.3, 0.4) is 0 Å². The molecule has 2 saturated heterocycles. The van der Waals surface area contributed by atoms with Crippen LogP contribution in [0.15, 0.2) is 73.1 Å². The minimum absolute atomic E-state index is 0.0474. The first-order chi connectivity index (χ1) is 22.9. The van der Waals surface area contributed by atoms with Gasteiger partial charge in [0.15, 0.2) is 0 Å². The van der Waals surface area contributed by atoms with Gasteiger partial charge in [0.2, 0.25) is 17.7 Å². The molecule has 2 atom stereocenters. The lowest BCUT2D eigenvalue weighted by molar-refractivity contribution is -0.205. The molecule has 48 heavy (non-hydrogen) atoms. The predicted molar refractivity (Wildman–Crippen MR) is 166 cm³/mol. The summed E-state index contributed by atoms with van der Waals surface area (Å²) < 4.78 is 48.7. The van der Waals surface area contributed by atoms with E-state index in [1.807, 2.05) is 60.7 Å². The smallest absolute Gasteiger partial charge is 0.374 e. The minimum atomic E-state index is -4.66. The molecule has 6 rings (SSSR count). The number of likely N-dealkylation sites (tertiary alicyclic amines) is 2. The molecule has 4 amide bonds. The monoisotopic (exact) mass is 666 g/mol. The van der Waals surface area contributed by atoms with Gasteiger partial charge in [0.25, 0.3) is 5.91 Å². The van der Waals surface area contributed by atoms with Crippen molar-refractivity contribution >= 4 is 23.6 Å². The van der Waals surface area contributed by atoms with E-state index in [4.69, 9.17) is 4.74 Å². The molecule has 0 radical (unpaired) electrons. The van der Waals surface area contributed by atoms with Gasteiger partial charge in [0, 0.05) is 44.8 Å². The van der Waals surface area contributed by atoms with Crippen molar-refractivity contribution in [1.82, 2.24) is 30.2 Å². The van der Waals surface area contributed by atoms with Crippen molar-refractivity contribution in [2.75, 3.05) is 39.8 Å². The molecule has 1 aromatic heterocycles. The lowest BCUT2D eigenvalue weighted by Gasteiger charge is -2.51. The van der Waals surface area contributed by atoms with E-state index in [2.05, 4.69) is 15.7 Å². The van der Waals surface area contributed by atoms with Crippen LogP contribution in [0.1, 0.15) is 34.3 Å². The SMILES string of the molecule is CNC(=O)[C@H](COCc1ccccc1)NC(=O)[C@H]1CN(C(=O)c2cnn(Cc3ccccc3)c2)CC12CN(C(=O)C1(C(F)(F)F)CC1)C2. The fourth-order valence-corrected chi connectivity index (χ4v) is 6.72. The number of hydrogen-bond acceptors (Lipinski definition) is 6. The van der Waals surface area contributed by atoms with Gasteiger partial charge >= 0.3 is 6.18 Å². The summed E-state index contributed by atoms with van der Waals surface area (Å²) in [7, 11) is 1.43. The Hall–Kier alpha value is -4.72. The maximum absolute atomic E-state index is 13.9. The number of aromatic nitrogens is 2. The molecule has 3 aliphatic rings. The van der Waals surface area contributed by atoms with E-state index < -0.39 is 52.6 Å². The predicted octanol–water partition coefficient (Wildman–Crippen LogP) is 2.62. The van der Waals surface area contributed by atoms with Crippen molar-refractivity contribution in [2.24, 2.45) is 16.7 Å². The van der Waals surface area contributed by atoms with Crippen molar-refractivity contribution in [3.8, 4) is 0 Å². The molecule has 11 nitrogen and oxygen atoms in total. The molecule has 2 aliphatic heterocycles. The maximum atomic E-state index is 13.9. The van der Waals surface area contributed by atoms with Crippen LogP contribution < -0.4 is 10.6 Å². The van der Waals surface area contributed by atoms with E-state index >= 15 is 0 Å². The molecule has 254 valence electrons. The molecular weight excluding hydrogens is 629 g/mol. The van der Waals surface area contributed by atoms with Crippen LogP contribution in [0.4, 0.5) is 13.2 Å². The first-order valence-corrected chi connectivity index (χ1v) is 15.8. The summed E-state index contributed by atoms with van der Waals surface area (Å²) in [6.07, 6.45) is -2.15. The van der Waals surface area contributed by atoms with E-state index in [1.54, 1.807) is 10.9 Å². The van der Waals surface area contributed by atoms with Gasteiger partial charge in [-0.25, -0.2) is 0 Å². The summed E-state index contributed by atoms with van der Waals surface area (Å²) in [6.45, 7) is 0.270. The van der Waals surface area contributed by atoms with E-state index in [9.17, 15) is 32.3 Å². The molecule has 0 unspecified atom stereocenters. The fraction of sp³-hybridized carbons (Fsp3) is 0.441. The van der Waals surface area contributed by atoms with Crippen molar-refractivity contribution in [3.63, 3.8) is 0 Å². The molecule has 3 aromatic rings. The Bertz CT molecular complexity index is 1650. The molecular formula is C34H37F3N6O5. The number of halogens is 3. The van der Waals surface area contributed by atoms with E-state index in [1.165, 1.54) is 18.1 Å². The Kier molecular flexibility index (Phi) is 9.03. The third-order valence-corrected chi connectivity index (χ3v) is 9.60. The Morgan fingerprint density at radius 2 is 1.58 bits per heavy atom. The van der Waals surface area contributed by atoms with Gasteiger partial charge in [-0.05, 0) is 24.0 Å². The highest BCUT2D eigenvalue weighted by atomic mass is 19.4. The van der Waals surface area contributed by atoms with E-state index in [0.717, 1.165) is 16.0 Å². The molecule has 14 heteroatoms. The number of carbonyl (C=O) groups is 4. The molecule has 2 aromatic carbocycles. The van der Waals surface area contributed by atoms with Gasteiger partial charge in [-0.15, -0.1) is 0 Å². The van der Waals surface area contributed by atoms with Gasteiger partial charge in [-0.3, -0.25) is 23.9 Å². The van der Waals surface area contributed by atoms with Crippen LogP contribution in [0, 0.1) is 16.7 Å². The summed E-state index contributed by atoms with van der Waals surface area (Å²) in [6, 6.07) is 17.8. The summed E-state index contributed by atoms with van der Waals surface area (Å²) in [5.41, 5.74) is -1.21. The van der Waals surface area contributed by atoms with Crippen LogP contribution >= 0.6 is 0 Å². The van der Waals surface area contributed by atoms with Gasteiger partial charge in [0.1, 0.15) is 11.5 Å². The molecule has 3 fully saturated rings. The highest BCUT2D eigenvalue weighted by molar-refractivity contribution is 5.96. The largest absolute Gasteiger partial charge is 0.403 e. The second-order valence-electron chi connectivity index (χ2n) is 12.9. The van der Waals surface area contributed by atoms with Crippen molar-refractivity contribution < 1.29 is 37.1 Å². The van der Waals surface area contributed by atoms with Gasteiger partial charge < -0.3 is 25.2 Å². The number of ether oxygens (including phenoxy) is 1. The Morgan fingerprint density at radius 1 is 0.958 bits per heavy atom. The number of hydrogen-bond donors (Lipinski definition) is 2. The lowest BCUT2D eigenvalue weighted by atomic mass is 9.70. The van der Waals surface area contributed by atoms with Crippen molar-refractivity contribution in [2.45, 2.75) is 38.2 Å². The lowest BCUT2D eigenvalue weighted by Crippen LogP contribution is -2.66. The second kappa shape index (κ2) is 13.1. The van der Waals surface area contributed by atoms with Crippen LogP contribution in [-0.2, 0) is 32.3 Å². The zero-order chi connectivity index (χ0) is 34.1. The number of carbonyl (C=O) groups excluding carboxylic acids is 4. The Labute approximate surface area is 275 Å². The number of amides is 4. The number of alkyl halides is 3. The Morgan fingerprint density at radius 3 is 2.19 bits per heavy atom. The number of rotatable bonds is 11. The topological polar surface area (TPSA) is 126 Å². The molecule has 2 N–H and O–H groups in total.